The molecular weight excluding hydrogens is 788 g/mol. The van der Waals surface area contributed by atoms with E-state index in [1.807, 2.05) is 43.2 Å². The Morgan fingerprint density at radius 1 is 0.750 bits per heavy atom. The fourth-order valence-electron chi connectivity index (χ4n) is 14.0. The molecule has 5 saturated carbocycles. The Bertz CT molecular complexity index is 1770. The molecule has 5 fully saturated rings. The molecule has 5 aliphatic carbocycles. The summed E-state index contributed by atoms with van der Waals surface area (Å²) in [6.45, 7) is 18.2. The average Bonchev–Trinajstić information content (AvgIpc) is 3.52. The Morgan fingerprint density at radius 2 is 1.32 bits per heavy atom. The van der Waals surface area contributed by atoms with E-state index in [0.717, 1.165) is 82.1 Å². The van der Waals surface area contributed by atoms with Gasteiger partial charge in [0.05, 0.1) is 5.41 Å². The van der Waals surface area contributed by atoms with Gasteiger partial charge in [0, 0.05) is 69.2 Å². The third-order valence-corrected chi connectivity index (χ3v) is 17.1. The number of hydrogen-bond acceptors (Lipinski definition) is 5. The second kappa shape index (κ2) is 15.8. The van der Waals surface area contributed by atoms with Gasteiger partial charge in [0.15, 0.2) is 31.3 Å². The average molecular weight is 856 g/mol. The van der Waals surface area contributed by atoms with Gasteiger partial charge in [-0.05, 0) is 116 Å². The van der Waals surface area contributed by atoms with Crippen LogP contribution in [0.5, 0.6) is 0 Å². The number of hydrogen-bond donors (Lipinski definition) is 1. The van der Waals surface area contributed by atoms with Gasteiger partial charge >= 0.3 is 11.9 Å². The van der Waals surface area contributed by atoms with Crippen molar-refractivity contribution in [3.8, 4) is 0 Å². The number of carbonyl (C=O) groups is 2. The summed E-state index contributed by atoms with van der Waals surface area (Å²) in [7, 11) is 8.15. The summed E-state index contributed by atoms with van der Waals surface area (Å²) < 4.78 is 10.5. The lowest BCUT2D eigenvalue weighted by Gasteiger charge is -2.72. The second-order valence-electron chi connectivity index (χ2n) is 20.0. The lowest BCUT2D eigenvalue weighted by Crippen LogP contribution is -3.00. The highest BCUT2D eigenvalue weighted by Gasteiger charge is 2.72. The SMILES string of the molecule is C=C(C[n+]1ccc(N(C)C)cc1)[C@@H]1CC[C@]2(C(=O)O)CC[C@]3(C)[C@H](CC[C@@H]4[C@@]5(C)CC[C@H](OC(=O)C[n+]6ccc(N(C)C)cc6)C(C)(C)[C@@H]5CC[C@]43C)[C@@H]12.[Br-].[Cl-]. The van der Waals surface area contributed by atoms with E-state index in [-0.39, 0.29) is 81.5 Å². The van der Waals surface area contributed by atoms with E-state index >= 15 is 0 Å². The van der Waals surface area contributed by atoms with E-state index in [1.165, 1.54) is 5.57 Å². The Morgan fingerprint density at radius 3 is 1.88 bits per heavy atom. The molecule has 56 heavy (non-hydrogen) atoms. The molecular formula is C46H68BrClN4O4. The predicted molar refractivity (Wildman–Crippen MR) is 213 cm³/mol. The molecule has 0 spiro atoms. The molecule has 2 aromatic heterocycles. The van der Waals surface area contributed by atoms with E-state index in [9.17, 15) is 14.7 Å². The second-order valence-corrected chi connectivity index (χ2v) is 20.0. The number of allylic oxidation sites excluding steroid dienone is 1. The minimum atomic E-state index is -0.655. The predicted octanol–water partition coefficient (Wildman–Crippen LogP) is 1.74. The number of rotatable bonds is 9. The smallest absolute Gasteiger partial charge is 0.372 e. The first-order valence-electron chi connectivity index (χ1n) is 20.8. The van der Waals surface area contributed by atoms with Gasteiger partial charge in [0.1, 0.15) is 6.10 Å². The van der Waals surface area contributed by atoms with E-state index in [1.54, 1.807) is 0 Å². The zero-order valence-corrected chi connectivity index (χ0v) is 37.8. The van der Waals surface area contributed by atoms with Gasteiger partial charge in [0.2, 0.25) is 6.54 Å². The first-order valence-corrected chi connectivity index (χ1v) is 20.8. The van der Waals surface area contributed by atoms with Crippen molar-refractivity contribution in [2.24, 2.45) is 56.7 Å². The van der Waals surface area contributed by atoms with Gasteiger partial charge in [-0.2, -0.15) is 4.57 Å². The molecule has 10 atom stereocenters. The zero-order chi connectivity index (χ0) is 39.0. The highest BCUT2D eigenvalue weighted by molar-refractivity contribution is 5.76. The van der Waals surface area contributed by atoms with Gasteiger partial charge in [-0.1, -0.05) is 41.2 Å². The van der Waals surface area contributed by atoms with Crippen LogP contribution in [0.15, 0.2) is 61.2 Å². The topological polar surface area (TPSA) is 77.8 Å². The number of ether oxygens (including phenoxy) is 1. The van der Waals surface area contributed by atoms with Crippen LogP contribution in [-0.4, -0.2) is 51.3 Å². The van der Waals surface area contributed by atoms with Crippen molar-refractivity contribution >= 4 is 23.3 Å². The standard InChI is InChI=1S/C46H67N4O4.BrH.ClH/c1-31(29-49-25-16-32(17-26-49)47(7)8)34-13-22-46(41(52)53)24-23-44(5)35(40(34)46)11-12-37-43(4)20-15-38(42(2,3)36(43)14-21-45(37,44)6)54-39(51)30-50-27-18-33(19-28-50)48(9)10;;/h16-19,25-28,34-38,40H,1,11-15,20-24,29-30H2,2-10H3;2*1H/q+1;;/p-1/t34-,35+,36-,37+,38-,40+,43-,44+,45+,46-;;/m0../s1. The molecule has 2 aromatic rings. The van der Waals surface area contributed by atoms with Gasteiger partial charge in [-0.25, -0.2) is 9.36 Å². The molecule has 0 amide bonds. The summed E-state index contributed by atoms with van der Waals surface area (Å²) >= 11 is 0. The van der Waals surface area contributed by atoms with E-state index in [4.69, 9.17) is 11.3 Å². The van der Waals surface area contributed by atoms with Gasteiger partial charge < -0.3 is 49.0 Å². The van der Waals surface area contributed by atoms with E-state index < -0.39 is 11.4 Å². The van der Waals surface area contributed by atoms with Gasteiger partial charge in [-0.3, -0.25) is 4.79 Å². The number of halogens is 2. The fourth-order valence-corrected chi connectivity index (χ4v) is 14.0. The molecule has 5 aliphatic rings. The molecule has 8 nitrogen and oxygen atoms in total. The third-order valence-electron chi connectivity index (χ3n) is 17.1. The van der Waals surface area contributed by atoms with Crippen LogP contribution in [0, 0.1) is 56.7 Å². The summed E-state index contributed by atoms with van der Waals surface area (Å²) in [6.07, 6.45) is 18.0. The lowest BCUT2D eigenvalue weighted by molar-refractivity contribution is -0.689. The van der Waals surface area contributed by atoms with Crippen LogP contribution >= 0.6 is 0 Å². The summed E-state index contributed by atoms with van der Waals surface area (Å²) in [6, 6.07) is 8.34. The maximum Gasteiger partial charge on any atom is 0.372 e. The summed E-state index contributed by atoms with van der Waals surface area (Å²) in [5.74, 6) is 0.977. The number of pyridine rings is 2. The minimum absolute atomic E-state index is 0. The number of aromatic nitrogens is 2. The monoisotopic (exact) mass is 854 g/mol. The Balaban J connectivity index is 0.00000300. The number of nitrogens with zero attached hydrogens (tertiary/aromatic N) is 4. The minimum Gasteiger partial charge on any atom is -1.00 e. The molecule has 2 heterocycles. The van der Waals surface area contributed by atoms with Gasteiger partial charge in [-0.15, -0.1) is 0 Å². The molecule has 1 N–H and O–H groups in total. The van der Waals surface area contributed by atoms with Crippen LogP contribution in [-0.2, 0) is 27.4 Å². The lowest BCUT2D eigenvalue weighted by atomic mass is 9.32. The van der Waals surface area contributed by atoms with Gasteiger partial charge in [0.25, 0.3) is 0 Å². The number of aliphatic carboxylic acids is 1. The molecule has 0 saturated heterocycles. The van der Waals surface area contributed by atoms with Crippen molar-refractivity contribution in [1.29, 1.82) is 0 Å². The largest absolute Gasteiger partial charge is 1.00 e. The third kappa shape index (κ3) is 7.00. The number of fused-ring (bicyclic) bond motifs is 7. The maximum atomic E-state index is 13.4. The van der Waals surface area contributed by atoms with Crippen LogP contribution in [0.3, 0.4) is 0 Å². The van der Waals surface area contributed by atoms with Crippen LogP contribution in [0.1, 0.15) is 98.8 Å². The molecule has 0 bridgehead atoms. The van der Waals surface area contributed by atoms with Crippen molar-refractivity contribution < 1.29 is 58.0 Å². The van der Waals surface area contributed by atoms with Crippen LogP contribution in [0.2, 0.25) is 0 Å². The fraction of sp³-hybridized carbons (Fsp3) is 0.696. The summed E-state index contributed by atoms with van der Waals surface area (Å²) in [5.41, 5.74) is 2.98. The van der Waals surface area contributed by atoms with Crippen molar-refractivity contribution in [3.05, 3.63) is 61.2 Å². The molecule has 310 valence electrons. The number of carbonyl (C=O) groups excluding carboxylic acids is 1. The Kier molecular flexibility index (Phi) is 12.6. The van der Waals surface area contributed by atoms with Crippen LogP contribution < -0.4 is 48.3 Å². The van der Waals surface area contributed by atoms with E-state index in [0.29, 0.717) is 17.8 Å². The maximum absolute atomic E-state index is 13.4. The highest BCUT2D eigenvalue weighted by atomic mass is 79.9. The van der Waals surface area contributed by atoms with Crippen molar-refractivity contribution in [2.45, 2.75) is 118 Å². The van der Waals surface area contributed by atoms with Crippen LogP contribution in [0.4, 0.5) is 11.4 Å². The van der Waals surface area contributed by atoms with Crippen molar-refractivity contribution in [3.63, 3.8) is 0 Å². The normalized spacial score (nSPS) is 36.5. The molecule has 0 aromatic carbocycles. The van der Waals surface area contributed by atoms with Crippen molar-refractivity contribution in [1.82, 2.24) is 0 Å². The molecule has 10 heteroatoms. The van der Waals surface area contributed by atoms with Crippen LogP contribution in [0.25, 0.3) is 0 Å². The summed E-state index contributed by atoms with van der Waals surface area (Å²) in [5, 5.41) is 11.0. The quantitative estimate of drug-likeness (QED) is 0.236. The highest BCUT2D eigenvalue weighted by Crippen LogP contribution is 2.77. The first kappa shape index (κ1) is 44.5. The Hall–Kier alpha value is -2.65. The summed E-state index contributed by atoms with van der Waals surface area (Å²) in [4.78, 5) is 31.0. The molecule has 0 radical (unpaired) electrons. The zero-order valence-electron chi connectivity index (χ0n) is 35.5. The molecule has 0 aliphatic heterocycles. The first-order chi connectivity index (χ1) is 25.4. The number of esters is 1. The molecule has 7 rings (SSSR count). The van der Waals surface area contributed by atoms with E-state index in [2.05, 4.69) is 87.6 Å². The number of carboxylic acids is 1. The Labute approximate surface area is 353 Å². The number of carboxylic acid groups (broad SMARTS) is 1. The molecule has 0 unspecified atom stereocenters. The van der Waals surface area contributed by atoms with Crippen molar-refractivity contribution in [2.75, 3.05) is 38.0 Å². The number of anilines is 2.